The summed E-state index contributed by atoms with van der Waals surface area (Å²) in [5, 5.41) is 20.2. The fourth-order valence-corrected chi connectivity index (χ4v) is 4.87. The molecule has 0 radical (unpaired) electrons. The average Bonchev–Trinajstić information content (AvgIpc) is 2.81. The molecule has 1 heterocycles. The maximum atomic E-state index is 10.1. The van der Waals surface area contributed by atoms with Crippen molar-refractivity contribution in [2.45, 2.75) is 91.4 Å². The van der Waals surface area contributed by atoms with E-state index in [9.17, 15) is 10.2 Å². The highest BCUT2D eigenvalue weighted by Gasteiger charge is 2.42. The number of benzene rings is 2. The smallest absolute Gasteiger partial charge is 0.146 e. The zero-order valence-corrected chi connectivity index (χ0v) is 21.6. The molecular formula is C28H42N2O4. The van der Waals surface area contributed by atoms with Crippen LogP contribution in [0.1, 0.15) is 67.2 Å². The van der Waals surface area contributed by atoms with Crippen molar-refractivity contribution < 1.29 is 19.7 Å². The van der Waals surface area contributed by atoms with Crippen molar-refractivity contribution in [2.75, 3.05) is 23.0 Å². The lowest BCUT2D eigenvalue weighted by molar-refractivity contribution is 0.293. The van der Waals surface area contributed by atoms with E-state index in [0.29, 0.717) is 13.2 Å². The first-order valence-electron chi connectivity index (χ1n) is 12.8. The molecule has 34 heavy (non-hydrogen) atoms. The molecule has 2 N–H and O–H groups in total. The number of unbranched alkanes of at least 4 members (excludes halogenated alkanes) is 2. The Morgan fingerprint density at radius 3 is 1.32 bits per heavy atom. The Hall–Kier alpha value is -2.76. The van der Waals surface area contributed by atoms with Gasteiger partial charge in [0, 0.05) is 36.3 Å². The van der Waals surface area contributed by atoms with E-state index in [1.54, 1.807) is 24.3 Å². The van der Waals surface area contributed by atoms with Crippen molar-refractivity contribution in [1.29, 1.82) is 0 Å². The lowest BCUT2D eigenvalue weighted by Gasteiger charge is -2.55. The van der Waals surface area contributed by atoms with E-state index < -0.39 is 0 Å². The Morgan fingerprint density at radius 2 is 1.00 bits per heavy atom. The molecule has 1 fully saturated rings. The summed E-state index contributed by atoms with van der Waals surface area (Å²) in [5.74, 6) is 1.89. The molecule has 6 nitrogen and oxygen atoms in total. The molecule has 0 spiro atoms. The highest BCUT2D eigenvalue weighted by atomic mass is 16.5. The molecule has 188 valence electrons. The number of ether oxygens (including phenoxy) is 2. The highest BCUT2D eigenvalue weighted by Crippen LogP contribution is 2.43. The second kappa shape index (κ2) is 11.6. The Morgan fingerprint density at radius 1 is 0.647 bits per heavy atom. The summed E-state index contributed by atoms with van der Waals surface area (Å²) in [6.07, 6.45) is 4.07. The lowest BCUT2D eigenvalue weighted by Crippen LogP contribution is -2.66. The topological polar surface area (TPSA) is 65.4 Å². The number of phenolic OH excluding ortho intramolecular Hbond substituents is 2. The van der Waals surface area contributed by atoms with Crippen LogP contribution in [0.2, 0.25) is 0 Å². The average molecular weight is 471 g/mol. The van der Waals surface area contributed by atoms with Crippen LogP contribution in [0.3, 0.4) is 0 Å². The quantitative estimate of drug-likeness (QED) is 0.395. The maximum absolute atomic E-state index is 10.1. The summed E-state index contributed by atoms with van der Waals surface area (Å²) in [7, 11) is 0. The van der Waals surface area contributed by atoms with Crippen molar-refractivity contribution >= 4 is 11.4 Å². The second-order valence-corrected chi connectivity index (χ2v) is 9.49. The molecule has 0 aliphatic carbocycles. The molecule has 1 aliphatic rings. The number of rotatable bonds is 10. The van der Waals surface area contributed by atoms with E-state index >= 15 is 0 Å². The summed E-state index contributed by atoms with van der Waals surface area (Å²) in [4.78, 5) is 4.84. The van der Waals surface area contributed by atoms with Gasteiger partial charge in [0.2, 0.25) is 0 Å². The van der Waals surface area contributed by atoms with Crippen LogP contribution in [0.4, 0.5) is 11.4 Å². The molecule has 0 aromatic heterocycles. The number of aromatic hydroxyl groups is 2. The summed E-state index contributed by atoms with van der Waals surface area (Å²) in [6, 6.07) is 11.5. The van der Waals surface area contributed by atoms with Gasteiger partial charge in [-0.25, -0.2) is 0 Å². The van der Waals surface area contributed by atoms with Gasteiger partial charge in [0.05, 0.1) is 24.6 Å². The molecule has 0 bridgehead atoms. The molecule has 4 atom stereocenters. The summed E-state index contributed by atoms with van der Waals surface area (Å²) in [6.45, 7) is 14.5. The van der Waals surface area contributed by atoms with E-state index in [1.165, 1.54) is 0 Å². The Labute approximate surface area is 205 Å². The van der Waals surface area contributed by atoms with Gasteiger partial charge in [-0.05, 0) is 64.8 Å². The van der Waals surface area contributed by atoms with Gasteiger partial charge in [0.15, 0.2) is 0 Å². The van der Waals surface area contributed by atoms with E-state index in [-0.39, 0.29) is 35.7 Å². The van der Waals surface area contributed by atoms with Crippen molar-refractivity contribution in [3.05, 3.63) is 36.4 Å². The van der Waals surface area contributed by atoms with Gasteiger partial charge in [0.25, 0.3) is 0 Å². The number of nitrogens with zero attached hydrogens (tertiary/aromatic N) is 2. The fraction of sp³-hybridized carbons (Fsp3) is 0.571. The molecule has 6 heteroatoms. The van der Waals surface area contributed by atoms with Gasteiger partial charge in [0.1, 0.15) is 23.0 Å². The van der Waals surface area contributed by atoms with Crippen LogP contribution in [0.15, 0.2) is 36.4 Å². The van der Waals surface area contributed by atoms with Crippen LogP contribution in [0, 0.1) is 0 Å². The minimum absolute atomic E-state index is 0.168. The zero-order chi connectivity index (χ0) is 24.8. The van der Waals surface area contributed by atoms with Crippen LogP contribution < -0.4 is 19.3 Å². The van der Waals surface area contributed by atoms with Crippen molar-refractivity contribution in [3.8, 4) is 23.0 Å². The van der Waals surface area contributed by atoms with E-state index in [1.807, 2.05) is 12.1 Å². The van der Waals surface area contributed by atoms with Crippen molar-refractivity contribution in [3.63, 3.8) is 0 Å². The normalized spacial score (nSPS) is 22.6. The molecule has 4 unspecified atom stereocenters. The first kappa shape index (κ1) is 25.9. The Kier molecular flexibility index (Phi) is 8.81. The predicted molar refractivity (Wildman–Crippen MR) is 140 cm³/mol. The van der Waals surface area contributed by atoms with E-state index in [4.69, 9.17) is 9.47 Å². The van der Waals surface area contributed by atoms with Gasteiger partial charge >= 0.3 is 0 Å². The minimum Gasteiger partial charge on any atom is -0.508 e. The molecule has 3 rings (SSSR count). The fourth-order valence-electron chi connectivity index (χ4n) is 4.87. The molecular weight excluding hydrogens is 428 g/mol. The largest absolute Gasteiger partial charge is 0.508 e. The van der Waals surface area contributed by atoms with Crippen molar-refractivity contribution in [1.82, 2.24) is 0 Å². The molecule has 1 saturated heterocycles. The summed E-state index contributed by atoms with van der Waals surface area (Å²) in [5.41, 5.74) is 2.02. The lowest BCUT2D eigenvalue weighted by atomic mass is 9.92. The van der Waals surface area contributed by atoms with Gasteiger partial charge in [-0.15, -0.1) is 0 Å². The SMILES string of the molecule is CCCCOc1cc(O)ccc1N1C(C)C(C)N(c2ccc(O)cc2OCCCC)C(C)C1C. The number of phenols is 2. The van der Waals surface area contributed by atoms with Gasteiger partial charge in [-0.2, -0.15) is 0 Å². The Balaban J connectivity index is 1.94. The van der Waals surface area contributed by atoms with Crippen LogP contribution in [-0.2, 0) is 0 Å². The van der Waals surface area contributed by atoms with Crippen LogP contribution in [0.25, 0.3) is 0 Å². The maximum Gasteiger partial charge on any atom is 0.146 e. The number of piperazine rings is 1. The highest BCUT2D eigenvalue weighted by molar-refractivity contribution is 5.67. The number of hydrogen-bond acceptors (Lipinski definition) is 6. The van der Waals surface area contributed by atoms with Gasteiger partial charge in [-0.3, -0.25) is 0 Å². The first-order valence-corrected chi connectivity index (χ1v) is 12.8. The van der Waals surface area contributed by atoms with Crippen molar-refractivity contribution in [2.24, 2.45) is 0 Å². The molecule has 1 aliphatic heterocycles. The van der Waals surface area contributed by atoms with Crippen LogP contribution in [-0.4, -0.2) is 47.6 Å². The molecule has 0 saturated carbocycles. The molecule has 0 amide bonds. The summed E-state index contributed by atoms with van der Waals surface area (Å²) >= 11 is 0. The second-order valence-electron chi connectivity index (χ2n) is 9.49. The van der Waals surface area contributed by atoms with E-state index in [0.717, 1.165) is 48.6 Å². The third-order valence-electron chi connectivity index (χ3n) is 7.11. The minimum atomic E-state index is 0.168. The van der Waals surface area contributed by atoms with Crippen LogP contribution in [0.5, 0.6) is 23.0 Å². The third-order valence-corrected chi connectivity index (χ3v) is 7.11. The number of anilines is 2. The van der Waals surface area contributed by atoms with Gasteiger partial charge in [-0.1, -0.05) is 26.7 Å². The molecule has 2 aromatic rings. The zero-order valence-electron chi connectivity index (χ0n) is 21.6. The third kappa shape index (κ3) is 5.48. The Bertz CT molecular complexity index is 843. The molecule has 2 aromatic carbocycles. The number of hydrogen-bond donors (Lipinski definition) is 2. The standard InChI is InChI=1S/C28H42N2O4/c1-7-9-15-33-27-17-23(31)11-13-25(27)29-19(3)21(5)30(22(6)20(29)4)26-14-12-24(32)18-28(26)34-16-10-8-2/h11-14,17-22,31-32H,7-10,15-16H2,1-6H3. The van der Waals surface area contributed by atoms with Gasteiger partial charge < -0.3 is 29.5 Å². The summed E-state index contributed by atoms with van der Waals surface area (Å²) < 4.78 is 12.2. The monoisotopic (exact) mass is 470 g/mol. The van der Waals surface area contributed by atoms with E-state index in [2.05, 4.69) is 51.3 Å². The van der Waals surface area contributed by atoms with Crippen LogP contribution >= 0.6 is 0 Å². The predicted octanol–water partition coefficient (Wildman–Crippen LogP) is 6.34. The first-order chi connectivity index (χ1) is 16.3.